The Bertz CT molecular complexity index is 752. The number of tetrazole rings is 1. The van der Waals surface area contributed by atoms with Gasteiger partial charge in [-0.15, -0.1) is 5.10 Å². The molecule has 0 bridgehead atoms. The van der Waals surface area contributed by atoms with Crippen molar-refractivity contribution >= 4 is 5.97 Å². The van der Waals surface area contributed by atoms with Gasteiger partial charge in [0.25, 0.3) is 0 Å². The van der Waals surface area contributed by atoms with Crippen LogP contribution in [-0.4, -0.2) is 26.2 Å². The molecule has 0 aliphatic heterocycles. The molecule has 0 amide bonds. The fourth-order valence-electron chi connectivity index (χ4n) is 1.86. The lowest BCUT2D eigenvalue weighted by atomic mass is 10.2. The van der Waals surface area contributed by atoms with Crippen LogP contribution in [0.3, 0.4) is 0 Å². The van der Waals surface area contributed by atoms with Gasteiger partial charge in [-0.2, -0.15) is 0 Å². The number of aromatic nitrogens is 4. The first-order valence-corrected chi connectivity index (χ1v) is 6.35. The minimum Gasteiger partial charge on any atom is -0.423 e. The summed E-state index contributed by atoms with van der Waals surface area (Å²) in [5.41, 5.74) is 2.15. The van der Waals surface area contributed by atoms with E-state index in [0.717, 1.165) is 11.3 Å². The van der Waals surface area contributed by atoms with Gasteiger partial charge in [-0.3, -0.25) is 0 Å². The molecule has 104 valence electrons. The van der Waals surface area contributed by atoms with Gasteiger partial charge in [0.05, 0.1) is 11.3 Å². The maximum absolute atomic E-state index is 12.1. The summed E-state index contributed by atoms with van der Waals surface area (Å²) in [4.78, 5) is 12.1. The predicted octanol–water partition coefficient (Wildman–Crippen LogP) is 2.19. The lowest BCUT2D eigenvalue weighted by molar-refractivity contribution is 0.0733. The van der Waals surface area contributed by atoms with Gasteiger partial charge in [0.1, 0.15) is 12.1 Å². The van der Waals surface area contributed by atoms with E-state index in [-0.39, 0.29) is 0 Å². The zero-order valence-electron chi connectivity index (χ0n) is 11.3. The summed E-state index contributed by atoms with van der Waals surface area (Å²) >= 11 is 0. The molecule has 0 saturated carbocycles. The Morgan fingerprint density at radius 1 is 1.10 bits per heavy atom. The molecule has 0 fully saturated rings. The van der Waals surface area contributed by atoms with Crippen molar-refractivity contribution in [3.05, 3.63) is 66.0 Å². The summed E-state index contributed by atoms with van der Waals surface area (Å²) in [6.07, 6.45) is 1.49. The summed E-state index contributed by atoms with van der Waals surface area (Å²) in [6.45, 7) is 1.89. The average Bonchev–Trinajstić information content (AvgIpc) is 3.04. The zero-order chi connectivity index (χ0) is 14.7. The summed E-state index contributed by atoms with van der Waals surface area (Å²) in [5, 5.41) is 10.9. The second kappa shape index (κ2) is 5.54. The Labute approximate surface area is 121 Å². The van der Waals surface area contributed by atoms with Crippen LogP contribution in [0.5, 0.6) is 5.75 Å². The number of carbonyl (C=O) groups is 1. The molecule has 6 nitrogen and oxygen atoms in total. The molecule has 2 aromatic carbocycles. The van der Waals surface area contributed by atoms with Crippen LogP contribution in [0.2, 0.25) is 0 Å². The third-order valence-corrected chi connectivity index (χ3v) is 3.01. The van der Waals surface area contributed by atoms with E-state index in [4.69, 9.17) is 4.74 Å². The van der Waals surface area contributed by atoms with Crippen molar-refractivity contribution in [1.29, 1.82) is 0 Å². The molecular weight excluding hydrogens is 268 g/mol. The number of ether oxygens (including phenoxy) is 1. The van der Waals surface area contributed by atoms with E-state index >= 15 is 0 Å². The van der Waals surface area contributed by atoms with Gasteiger partial charge < -0.3 is 4.74 Å². The van der Waals surface area contributed by atoms with Gasteiger partial charge in [0.15, 0.2) is 0 Å². The van der Waals surface area contributed by atoms with Gasteiger partial charge in [0.2, 0.25) is 0 Å². The van der Waals surface area contributed by atoms with E-state index in [0.29, 0.717) is 11.3 Å². The number of benzene rings is 2. The van der Waals surface area contributed by atoms with Crippen molar-refractivity contribution in [3.63, 3.8) is 0 Å². The fraction of sp³-hybridized carbons (Fsp3) is 0.0667. The second-order valence-electron chi connectivity index (χ2n) is 4.46. The first-order valence-electron chi connectivity index (χ1n) is 6.35. The number of rotatable bonds is 3. The number of hydrogen-bond acceptors (Lipinski definition) is 5. The van der Waals surface area contributed by atoms with Crippen molar-refractivity contribution < 1.29 is 9.53 Å². The Balaban J connectivity index is 1.78. The lowest BCUT2D eigenvalue weighted by Gasteiger charge is -2.07. The van der Waals surface area contributed by atoms with Gasteiger partial charge in [-0.05, 0) is 53.2 Å². The standard InChI is InChI=1S/C15H12N4O2/c1-11-4-2-3-5-14(11)21-15(20)12-6-8-13(9-7-12)19-10-16-17-18-19/h2-10H,1H3. The summed E-state index contributed by atoms with van der Waals surface area (Å²) in [5.74, 6) is 0.166. The number of esters is 1. The third kappa shape index (κ3) is 2.79. The molecule has 6 heteroatoms. The SMILES string of the molecule is Cc1ccccc1OC(=O)c1ccc(-n2cnnn2)cc1. The van der Waals surface area contributed by atoms with Crippen molar-refractivity contribution in [2.24, 2.45) is 0 Å². The Hall–Kier alpha value is -3.02. The normalized spacial score (nSPS) is 10.3. The average molecular weight is 280 g/mol. The maximum atomic E-state index is 12.1. The maximum Gasteiger partial charge on any atom is 0.343 e. The van der Waals surface area contributed by atoms with E-state index in [2.05, 4.69) is 15.5 Å². The smallest absolute Gasteiger partial charge is 0.343 e. The van der Waals surface area contributed by atoms with Gasteiger partial charge >= 0.3 is 5.97 Å². The molecule has 0 saturated heterocycles. The second-order valence-corrected chi connectivity index (χ2v) is 4.46. The summed E-state index contributed by atoms with van der Waals surface area (Å²) in [6, 6.07) is 14.3. The number of aryl methyl sites for hydroxylation is 1. The van der Waals surface area contributed by atoms with Gasteiger partial charge in [-0.1, -0.05) is 18.2 Å². The first kappa shape index (κ1) is 13.0. The van der Waals surface area contributed by atoms with Crippen LogP contribution in [-0.2, 0) is 0 Å². The quantitative estimate of drug-likeness (QED) is 0.543. The number of carbonyl (C=O) groups excluding carboxylic acids is 1. The third-order valence-electron chi connectivity index (χ3n) is 3.01. The highest BCUT2D eigenvalue weighted by Gasteiger charge is 2.10. The summed E-state index contributed by atoms with van der Waals surface area (Å²) in [7, 11) is 0. The molecule has 0 aliphatic rings. The Kier molecular flexibility index (Phi) is 3.42. The van der Waals surface area contributed by atoms with Crippen LogP contribution < -0.4 is 4.74 Å². The van der Waals surface area contributed by atoms with Gasteiger partial charge in [0, 0.05) is 0 Å². The molecule has 1 heterocycles. The molecule has 1 aromatic heterocycles. The van der Waals surface area contributed by atoms with Crippen LogP contribution in [0.25, 0.3) is 5.69 Å². The Morgan fingerprint density at radius 2 is 1.86 bits per heavy atom. The van der Waals surface area contributed by atoms with Gasteiger partial charge in [-0.25, -0.2) is 9.48 Å². The number of nitrogens with zero attached hydrogens (tertiary/aromatic N) is 4. The van der Waals surface area contributed by atoms with E-state index in [1.54, 1.807) is 30.3 Å². The minimum absolute atomic E-state index is 0.396. The van der Waals surface area contributed by atoms with Crippen molar-refractivity contribution in [3.8, 4) is 11.4 Å². The van der Waals surface area contributed by atoms with E-state index in [1.807, 2.05) is 25.1 Å². The van der Waals surface area contributed by atoms with Crippen LogP contribution in [0.4, 0.5) is 0 Å². The largest absolute Gasteiger partial charge is 0.423 e. The molecule has 3 aromatic rings. The number of para-hydroxylation sites is 1. The highest BCUT2D eigenvalue weighted by Crippen LogP contribution is 2.18. The van der Waals surface area contributed by atoms with E-state index in [1.165, 1.54) is 11.0 Å². The van der Waals surface area contributed by atoms with Crippen LogP contribution in [0.15, 0.2) is 54.9 Å². The zero-order valence-corrected chi connectivity index (χ0v) is 11.3. The molecule has 0 radical (unpaired) electrons. The topological polar surface area (TPSA) is 69.9 Å². The van der Waals surface area contributed by atoms with Crippen molar-refractivity contribution in [2.75, 3.05) is 0 Å². The fourth-order valence-corrected chi connectivity index (χ4v) is 1.86. The first-order chi connectivity index (χ1) is 10.2. The molecule has 0 N–H and O–H groups in total. The van der Waals surface area contributed by atoms with Crippen LogP contribution in [0, 0.1) is 6.92 Å². The van der Waals surface area contributed by atoms with Crippen LogP contribution >= 0.6 is 0 Å². The highest BCUT2D eigenvalue weighted by molar-refractivity contribution is 5.91. The Morgan fingerprint density at radius 3 is 2.52 bits per heavy atom. The molecule has 3 rings (SSSR count). The number of hydrogen-bond donors (Lipinski definition) is 0. The lowest BCUT2D eigenvalue weighted by Crippen LogP contribution is -2.09. The molecule has 0 atom stereocenters. The van der Waals surface area contributed by atoms with E-state index in [9.17, 15) is 4.79 Å². The van der Waals surface area contributed by atoms with Crippen molar-refractivity contribution in [2.45, 2.75) is 6.92 Å². The molecular formula is C15H12N4O2. The summed E-state index contributed by atoms with van der Waals surface area (Å²) < 4.78 is 6.89. The predicted molar refractivity (Wildman–Crippen MR) is 75.3 cm³/mol. The van der Waals surface area contributed by atoms with Crippen molar-refractivity contribution in [1.82, 2.24) is 20.2 Å². The molecule has 0 aliphatic carbocycles. The van der Waals surface area contributed by atoms with Crippen LogP contribution in [0.1, 0.15) is 15.9 Å². The molecule has 0 unspecified atom stereocenters. The molecule has 21 heavy (non-hydrogen) atoms. The minimum atomic E-state index is -0.396. The molecule has 0 spiro atoms. The highest BCUT2D eigenvalue weighted by atomic mass is 16.5. The monoisotopic (exact) mass is 280 g/mol. The van der Waals surface area contributed by atoms with E-state index < -0.39 is 5.97 Å².